The van der Waals surface area contributed by atoms with Crippen molar-refractivity contribution in [1.29, 1.82) is 0 Å². The minimum Gasteiger partial charge on any atom is -0.395 e. The lowest BCUT2D eigenvalue weighted by atomic mass is 9.85. The van der Waals surface area contributed by atoms with Gasteiger partial charge in [-0.25, -0.2) is 0 Å². The average Bonchev–Trinajstić information content (AvgIpc) is 2.38. The molecule has 0 aromatic rings. The zero-order valence-corrected chi connectivity index (χ0v) is 11.1. The first-order valence-electron chi connectivity index (χ1n) is 6.45. The Kier molecular flexibility index (Phi) is 6.09. The molecule has 2 N–H and O–H groups in total. The Morgan fingerprint density at radius 1 is 1.44 bits per heavy atom. The molecule has 0 fully saturated rings. The van der Waals surface area contributed by atoms with Gasteiger partial charge in [-0.15, -0.1) is 0 Å². The Morgan fingerprint density at radius 2 is 2.06 bits per heavy atom. The lowest BCUT2D eigenvalue weighted by Gasteiger charge is -2.26. The van der Waals surface area contributed by atoms with Crippen molar-refractivity contribution in [3.05, 3.63) is 23.8 Å². The molecular weight excluding hydrogens is 230 g/mol. The van der Waals surface area contributed by atoms with E-state index in [4.69, 9.17) is 10.2 Å². The van der Waals surface area contributed by atoms with E-state index in [0.29, 0.717) is 5.92 Å². The fourth-order valence-electron chi connectivity index (χ4n) is 2.24. The third kappa shape index (κ3) is 3.96. The molecule has 1 atom stereocenters. The summed E-state index contributed by atoms with van der Waals surface area (Å²) >= 11 is 0. The highest BCUT2D eigenvalue weighted by Gasteiger charge is 2.22. The lowest BCUT2D eigenvalue weighted by Crippen LogP contribution is -2.37. The fraction of sp³-hybridized carbons (Fsp3) is 0.643. The van der Waals surface area contributed by atoms with E-state index in [1.165, 1.54) is 10.5 Å². The number of nitrogens with zero attached hydrogens (tertiary/aromatic N) is 1. The molecule has 0 radical (unpaired) electrons. The van der Waals surface area contributed by atoms with Gasteiger partial charge in [-0.05, 0) is 32.1 Å². The molecular formula is C14H23NO3. The van der Waals surface area contributed by atoms with Crippen LogP contribution in [0.15, 0.2) is 23.8 Å². The van der Waals surface area contributed by atoms with Crippen LogP contribution in [0, 0.1) is 5.92 Å². The number of carbonyl (C=O) groups excluding carboxylic acids is 1. The second-order valence-corrected chi connectivity index (χ2v) is 4.79. The quantitative estimate of drug-likeness (QED) is 0.697. The van der Waals surface area contributed by atoms with Crippen LogP contribution in [0.25, 0.3) is 0 Å². The Balaban J connectivity index is 2.63. The number of aliphatic hydroxyl groups is 2. The van der Waals surface area contributed by atoms with Gasteiger partial charge in [0.05, 0.1) is 13.2 Å². The highest BCUT2D eigenvalue weighted by molar-refractivity contribution is 5.93. The molecule has 0 aromatic carbocycles. The van der Waals surface area contributed by atoms with Gasteiger partial charge < -0.3 is 15.1 Å². The first-order valence-corrected chi connectivity index (χ1v) is 6.45. The van der Waals surface area contributed by atoms with Gasteiger partial charge in [-0.3, -0.25) is 4.79 Å². The van der Waals surface area contributed by atoms with Crippen LogP contribution in [0.1, 0.15) is 26.2 Å². The summed E-state index contributed by atoms with van der Waals surface area (Å²) in [4.78, 5) is 13.7. The largest absolute Gasteiger partial charge is 0.395 e. The summed E-state index contributed by atoms with van der Waals surface area (Å²) in [5.41, 5.74) is 1.97. The van der Waals surface area contributed by atoms with Gasteiger partial charge in [-0.2, -0.15) is 0 Å². The van der Waals surface area contributed by atoms with Gasteiger partial charge in [0.2, 0.25) is 5.91 Å². The second-order valence-electron chi connectivity index (χ2n) is 4.79. The Hall–Kier alpha value is -1.13. The second kappa shape index (κ2) is 7.34. The third-order valence-electron chi connectivity index (χ3n) is 3.41. The Bertz CT molecular complexity index is 330. The van der Waals surface area contributed by atoms with Crippen molar-refractivity contribution in [2.75, 3.05) is 26.3 Å². The van der Waals surface area contributed by atoms with Gasteiger partial charge in [0.25, 0.3) is 0 Å². The van der Waals surface area contributed by atoms with Crippen LogP contribution in [0.3, 0.4) is 0 Å². The molecule has 0 aromatic heterocycles. The van der Waals surface area contributed by atoms with Crippen LogP contribution in [0.4, 0.5) is 0 Å². The topological polar surface area (TPSA) is 60.8 Å². The lowest BCUT2D eigenvalue weighted by molar-refractivity contribution is -0.128. The molecule has 102 valence electrons. The molecule has 1 amide bonds. The van der Waals surface area contributed by atoms with Gasteiger partial charge in [0, 0.05) is 18.7 Å². The van der Waals surface area contributed by atoms with Crippen molar-refractivity contribution < 1.29 is 15.0 Å². The van der Waals surface area contributed by atoms with Crippen molar-refractivity contribution in [3.8, 4) is 0 Å². The summed E-state index contributed by atoms with van der Waals surface area (Å²) in [5.74, 6) is 0.420. The van der Waals surface area contributed by atoms with Crippen LogP contribution in [0.2, 0.25) is 0 Å². The normalized spacial score (nSPS) is 19.3. The number of aliphatic hydroxyl groups excluding tert-OH is 2. The molecule has 4 nitrogen and oxygen atoms in total. The van der Waals surface area contributed by atoms with Gasteiger partial charge in [-0.1, -0.05) is 18.2 Å². The monoisotopic (exact) mass is 253 g/mol. The van der Waals surface area contributed by atoms with Gasteiger partial charge >= 0.3 is 0 Å². The molecule has 1 aliphatic rings. The number of carbonyl (C=O) groups is 1. The van der Waals surface area contributed by atoms with E-state index in [1.807, 2.05) is 13.0 Å². The third-order valence-corrected chi connectivity index (χ3v) is 3.41. The van der Waals surface area contributed by atoms with E-state index in [-0.39, 0.29) is 32.2 Å². The maximum atomic E-state index is 12.2. The summed E-state index contributed by atoms with van der Waals surface area (Å²) in [6.07, 6.45) is 4.55. The summed E-state index contributed by atoms with van der Waals surface area (Å²) in [6.45, 7) is 6.38. The van der Waals surface area contributed by atoms with E-state index in [1.54, 1.807) is 0 Å². The number of hydrogen-bond acceptors (Lipinski definition) is 3. The molecule has 0 spiro atoms. The number of rotatable bonds is 6. The molecule has 18 heavy (non-hydrogen) atoms. The van der Waals surface area contributed by atoms with Crippen LogP contribution in [-0.2, 0) is 4.79 Å². The van der Waals surface area contributed by atoms with Crippen molar-refractivity contribution in [1.82, 2.24) is 4.90 Å². The van der Waals surface area contributed by atoms with Crippen molar-refractivity contribution in [3.63, 3.8) is 0 Å². The van der Waals surface area contributed by atoms with E-state index in [0.717, 1.165) is 24.8 Å². The average molecular weight is 253 g/mol. The van der Waals surface area contributed by atoms with Crippen molar-refractivity contribution >= 4 is 5.91 Å². The molecule has 0 saturated heterocycles. The summed E-state index contributed by atoms with van der Waals surface area (Å²) in [7, 11) is 0. The van der Waals surface area contributed by atoms with Crippen molar-refractivity contribution in [2.45, 2.75) is 26.2 Å². The maximum absolute atomic E-state index is 12.2. The molecule has 0 unspecified atom stereocenters. The molecule has 4 heteroatoms. The highest BCUT2D eigenvalue weighted by atomic mass is 16.3. The van der Waals surface area contributed by atoms with E-state index in [2.05, 4.69) is 6.58 Å². The van der Waals surface area contributed by atoms with Crippen LogP contribution < -0.4 is 0 Å². The molecule has 0 heterocycles. The van der Waals surface area contributed by atoms with Gasteiger partial charge in [0.1, 0.15) is 0 Å². The van der Waals surface area contributed by atoms with Gasteiger partial charge in [0.15, 0.2) is 0 Å². The smallest absolute Gasteiger partial charge is 0.249 e. The number of allylic oxidation sites excluding steroid dienone is 2. The molecule has 1 aliphatic carbocycles. The summed E-state index contributed by atoms with van der Waals surface area (Å²) < 4.78 is 0. The van der Waals surface area contributed by atoms with Crippen LogP contribution >= 0.6 is 0 Å². The van der Waals surface area contributed by atoms with E-state index < -0.39 is 0 Å². The minimum absolute atomic E-state index is 0.0572. The predicted molar refractivity (Wildman–Crippen MR) is 71.0 cm³/mol. The number of amides is 1. The van der Waals surface area contributed by atoms with E-state index >= 15 is 0 Å². The molecule has 0 aliphatic heterocycles. The number of hydrogen-bond donors (Lipinski definition) is 2. The molecule has 0 saturated carbocycles. The standard InChI is InChI=1S/C14H23NO3/c1-11(2)12-3-5-13(6-4-12)14(18)15(7-9-16)8-10-17/h5,12,16-17H,1,3-4,6-10H2,2H3/t12-/m0/s1. The SMILES string of the molecule is C=C(C)[C@H]1CC=C(C(=O)N(CCO)CCO)CC1. The first kappa shape index (κ1) is 14.9. The zero-order chi connectivity index (χ0) is 13.5. The first-order chi connectivity index (χ1) is 8.60. The Morgan fingerprint density at radius 3 is 2.44 bits per heavy atom. The summed E-state index contributed by atoms with van der Waals surface area (Å²) in [6, 6.07) is 0. The molecule has 0 bridgehead atoms. The van der Waals surface area contributed by atoms with Crippen LogP contribution in [0.5, 0.6) is 0 Å². The molecule has 1 rings (SSSR count). The summed E-state index contributed by atoms with van der Waals surface area (Å²) in [5, 5.41) is 17.8. The predicted octanol–water partition coefficient (Wildman–Crippen LogP) is 1.10. The van der Waals surface area contributed by atoms with Crippen LogP contribution in [-0.4, -0.2) is 47.3 Å². The zero-order valence-electron chi connectivity index (χ0n) is 11.1. The van der Waals surface area contributed by atoms with Crippen molar-refractivity contribution in [2.24, 2.45) is 5.92 Å². The maximum Gasteiger partial charge on any atom is 0.249 e. The highest BCUT2D eigenvalue weighted by Crippen LogP contribution is 2.28. The fourth-order valence-corrected chi connectivity index (χ4v) is 2.24. The minimum atomic E-state index is -0.0760. The van der Waals surface area contributed by atoms with E-state index in [9.17, 15) is 4.79 Å². The Labute approximate surface area is 109 Å².